The Kier molecular flexibility index (Phi) is 4.05. The first kappa shape index (κ1) is 11.2. The second-order valence-corrected chi connectivity index (χ2v) is 4.23. The zero-order valence-electron chi connectivity index (χ0n) is 8.30. The summed E-state index contributed by atoms with van der Waals surface area (Å²) in [6.45, 7) is 1.90. The standard InChI is InChI=1S/C10H13O3P/c1-3-10(14(11)12)8-5-4-6-9(7-8)13-2/h4-7,10H,3H2,1-2H3/p+1. The Morgan fingerprint density at radius 1 is 1.57 bits per heavy atom. The largest absolute Gasteiger partial charge is 0.513 e. The Morgan fingerprint density at radius 2 is 2.29 bits per heavy atom. The third-order valence-electron chi connectivity index (χ3n) is 2.13. The van der Waals surface area contributed by atoms with Gasteiger partial charge in [-0.25, -0.2) is 0 Å². The van der Waals surface area contributed by atoms with E-state index in [1.807, 2.05) is 25.1 Å². The molecule has 1 aromatic carbocycles. The Balaban J connectivity index is 2.98. The van der Waals surface area contributed by atoms with E-state index in [2.05, 4.69) is 0 Å². The van der Waals surface area contributed by atoms with Crippen LogP contribution in [0.2, 0.25) is 0 Å². The molecule has 0 aliphatic heterocycles. The van der Waals surface area contributed by atoms with E-state index in [0.717, 1.165) is 11.3 Å². The van der Waals surface area contributed by atoms with Crippen molar-refractivity contribution in [2.24, 2.45) is 0 Å². The smallest absolute Gasteiger partial charge is 0.497 e. The average Bonchev–Trinajstić information content (AvgIpc) is 2.19. The molecule has 0 saturated carbocycles. The van der Waals surface area contributed by atoms with Gasteiger partial charge in [-0.15, -0.1) is 0 Å². The van der Waals surface area contributed by atoms with Gasteiger partial charge in [0.2, 0.25) is 5.66 Å². The van der Waals surface area contributed by atoms with Crippen LogP contribution in [0.1, 0.15) is 24.6 Å². The molecule has 14 heavy (non-hydrogen) atoms. The van der Waals surface area contributed by atoms with Gasteiger partial charge in [-0.1, -0.05) is 19.1 Å². The fourth-order valence-corrected chi connectivity index (χ4v) is 2.10. The molecule has 1 rings (SSSR count). The molecule has 0 saturated heterocycles. The molecular weight excluding hydrogens is 199 g/mol. The Labute approximate surface area is 84.6 Å². The summed E-state index contributed by atoms with van der Waals surface area (Å²) >= 11 is 0. The van der Waals surface area contributed by atoms with Gasteiger partial charge in [0.1, 0.15) is 5.75 Å². The second-order valence-electron chi connectivity index (χ2n) is 3.00. The molecule has 0 amide bonds. The molecule has 76 valence electrons. The molecular formula is C10H14O3P+. The van der Waals surface area contributed by atoms with Crippen molar-refractivity contribution in [1.29, 1.82) is 0 Å². The van der Waals surface area contributed by atoms with Gasteiger partial charge in [0, 0.05) is 5.56 Å². The molecule has 0 radical (unpaired) electrons. The van der Waals surface area contributed by atoms with Crippen LogP contribution in [0.3, 0.4) is 0 Å². The van der Waals surface area contributed by atoms with Crippen LogP contribution in [0.5, 0.6) is 5.75 Å². The highest BCUT2D eigenvalue weighted by Gasteiger charge is 2.28. The Bertz CT molecular complexity index is 325. The molecule has 0 fully saturated rings. The van der Waals surface area contributed by atoms with Crippen molar-refractivity contribution < 1.29 is 14.2 Å². The Hall–Kier alpha value is -0.920. The van der Waals surface area contributed by atoms with Crippen LogP contribution in [-0.2, 0) is 4.57 Å². The minimum absolute atomic E-state index is 0.292. The number of hydrogen-bond acceptors (Lipinski definition) is 2. The van der Waals surface area contributed by atoms with E-state index < -0.39 is 8.03 Å². The van der Waals surface area contributed by atoms with Gasteiger partial charge in [-0.3, -0.25) is 0 Å². The molecule has 0 heterocycles. The Morgan fingerprint density at radius 3 is 2.79 bits per heavy atom. The summed E-state index contributed by atoms with van der Waals surface area (Å²) in [5, 5.41) is 0. The molecule has 2 unspecified atom stereocenters. The zero-order valence-corrected chi connectivity index (χ0v) is 9.20. The number of benzene rings is 1. The molecule has 0 bridgehead atoms. The molecule has 3 nitrogen and oxygen atoms in total. The van der Waals surface area contributed by atoms with Gasteiger partial charge in [0.05, 0.1) is 7.11 Å². The van der Waals surface area contributed by atoms with E-state index in [9.17, 15) is 4.57 Å². The first-order valence-electron chi connectivity index (χ1n) is 4.48. The summed E-state index contributed by atoms with van der Waals surface area (Å²) in [5.41, 5.74) is 0.565. The highest BCUT2D eigenvalue weighted by atomic mass is 31.1. The molecule has 0 aliphatic carbocycles. The van der Waals surface area contributed by atoms with Gasteiger partial charge >= 0.3 is 8.03 Å². The van der Waals surface area contributed by atoms with Gasteiger partial charge in [-0.2, -0.15) is 4.89 Å². The van der Waals surface area contributed by atoms with Crippen LogP contribution in [0.4, 0.5) is 0 Å². The van der Waals surface area contributed by atoms with Crippen molar-refractivity contribution in [3.05, 3.63) is 29.8 Å². The first-order chi connectivity index (χ1) is 6.69. The number of methoxy groups -OCH3 is 1. The van der Waals surface area contributed by atoms with Crippen LogP contribution in [0.15, 0.2) is 24.3 Å². The second kappa shape index (κ2) is 5.08. The first-order valence-corrected chi connectivity index (χ1v) is 5.76. The summed E-state index contributed by atoms with van der Waals surface area (Å²) in [5.74, 6) is 0.720. The highest BCUT2D eigenvalue weighted by Crippen LogP contribution is 2.40. The van der Waals surface area contributed by atoms with Gasteiger partial charge in [0.15, 0.2) is 0 Å². The van der Waals surface area contributed by atoms with E-state index in [1.165, 1.54) is 0 Å². The molecule has 1 N–H and O–H groups in total. The quantitative estimate of drug-likeness (QED) is 0.782. The average molecular weight is 213 g/mol. The predicted molar refractivity (Wildman–Crippen MR) is 55.9 cm³/mol. The van der Waals surface area contributed by atoms with Crippen molar-refractivity contribution >= 4 is 8.03 Å². The third-order valence-corrected chi connectivity index (χ3v) is 3.33. The van der Waals surface area contributed by atoms with Crippen LogP contribution >= 0.6 is 8.03 Å². The van der Waals surface area contributed by atoms with E-state index in [0.29, 0.717) is 6.42 Å². The summed E-state index contributed by atoms with van der Waals surface area (Å²) in [7, 11) is -0.581. The van der Waals surface area contributed by atoms with Crippen LogP contribution in [-0.4, -0.2) is 12.0 Å². The molecule has 0 aromatic heterocycles. The maximum absolute atomic E-state index is 11.0. The van der Waals surface area contributed by atoms with E-state index >= 15 is 0 Å². The van der Waals surface area contributed by atoms with Crippen molar-refractivity contribution in [2.45, 2.75) is 19.0 Å². The molecule has 4 heteroatoms. The lowest BCUT2D eigenvalue weighted by Crippen LogP contribution is -1.92. The maximum atomic E-state index is 11.0. The topological polar surface area (TPSA) is 46.5 Å². The zero-order chi connectivity index (χ0) is 10.6. The molecule has 0 spiro atoms. The molecule has 0 aliphatic rings. The number of rotatable bonds is 4. The van der Waals surface area contributed by atoms with Crippen molar-refractivity contribution in [3.8, 4) is 5.75 Å². The minimum Gasteiger partial charge on any atom is -0.497 e. The third kappa shape index (κ3) is 2.53. The normalized spacial score (nSPS) is 13.5. The maximum Gasteiger partial charge on any atom is 0.513 e. The van der Waals surface area contributed by atoms with E-state index in [-0.39, 0.29) is 5.66 Å². The molecule has 1 aromatic rings. The lowest BCUT2D eigenvalue weighted by Gasteiger charge is -2.04. The van der Waals surface area contributed by atoms with Gasteiger partial charge in [0.25, 0.3) is 0 Å². The van der Waals surface area contributed by atoms with Crippen LogP contribution in [0, 0.1) is 0 Å². The summed E-state index contributed by atoms with van der Waals surface area (Å²) in [4.78, 5) is 9.10. The summed E-state index contributed by atoms with van der Waals surface area (Å²) < 4.78 is 16.1. The van der Waals surface area contributed by atoms with Crippen LogP contribution in [0.25, 0.3) is 0 Å². The summed E-state index contributed by atoms with van der Waals surface area (Å²) in [6.07, 6.45) is 0.652. The highest BCUT2D eigenvalue weighted by molar-refractivity contribution is 7.38. The lowest BCUT2D eigenvalue weighted by molar-refractivity contribution is 0.414. The van der Waals surface area contributed by atoms with Crippen molar-refractivity contribution in [2.75, 3.05) is 7.11 Å². The minimum atomic E-state index is -2.16. The fourth-order valence-electron chi connectivity index (χ4n) is 1.37. The van der Waals surface area contributed by atoms with Crippen molar-refractivity contribution in [3.63, 3.8) is 0 Å². The van der Waals surface area contributed by atoms with E-state index in [4.69, 9.17) is 9.63 Å². The van der Waals surface area contributed by atoms with Crippen LogP contribution < -0.4 is 4.74 Å². The predicted octanol–water partition coefficient (Wildman–Crippen LogP) is 2.88. The molecule has 2 atom stereocenters. The summed E-state index contributed by atoms with van der Waals surface area (Å²) in [6, 6.07) is 7.30. The van der Waals surface area contributed by atoms with Crippen molar-refractivity contribution in [1.82, 2.24) is 0 Å². The van der Waals surface area contributed by atoms with Gasteiger partial charge < -0.3 is 4.74 Å². The number of ether oxygens (including phenoxy) is 1. The SMILES string of the molecule is CCC(c1cccc(OC)c1)[P+](=O)O. The lowest BCUT2D eigenvalue weighted by atomic mass is 10.1. The fraction of sp³-hybridized carbons (Fsp3) is 0.400. The van der Waals surface area contributed by atoms with E-state index in [1.54, 1.807) is 13.2 Å². The monoisotopic (exact) mass is 213 g/mol. The van der Waals surface area contributed by atoms with Gasteiger partial charge in [-0.05, 0) is 23.1 Å². The number of hydrogen-bond donors (Lipinski definition) is 1.